The van der Waals surface area contributed by atoms with Gasteiger partial charge in [0.15, 0.2) is 5.11 Å². The highest BCUT2D eigenvalue weighted by molar-refractivity contribution is 7.80. The molecule has 25 heavy (non-hydrogen) atoms. The highest BCUT2D eigenvalue weighted by atomic mass is 32.1. The molecule has 5 nitrogen and oxygen atoms in total. The minimum Gasteiger partial charge on any atom is -0.360 e. The number of fused-ring (bicyclic) bond motifs is 1. The Morgan fingerprint density at radius 2 is 1.88 bits per heavy atom. The molecule has 1 aliphatic heterocycles. The Balaban J connectivity index is 1.82. The van der Waals surface area contributed by atoms with Gasteiger partial charge in [-0.15, -0.1) is 0 Å². The standard InChI is InChI=1S/C19H27N5S/c1-13(2)20-19(25)21-15-5-6-17-16(12-15)14(3)11-18(22-17)24-9-7-23(4)8-10-24/h5-6,11-13H,7-10H2,1-4H3,(H2,20,21,25). The quantitative estimate of drug-likeness (QED) is 0.824. The molecule has 6 heteroatoms. The van der Waals surface area contributed by atoms with Crippen LogP contribution in [0.4, 0.5) is 11.5 Å². The first kappa shape index (κ1) is 17.9. The van der Waals surface area contributed by atoms with Crippen molar-refractivity contribution in [3.05, 3.63) is 29.8 Å². The molecule has 0 amide bonds. The van der Waals surface area contributed by atoms with Crippen LogP contribution in [0.3, 0.4) is 0 Å². The van der Waals surface area contributed by atoms with Crippen molar-refractivity contribution in [2.75, 3.05) is 43.4 Å². The van der Waals surface area contributed by atoms with Crippen LogP contribution in [-0.2, 0) is 0 Å². The molecule has 1 aromatic heterocycles. The maximum absolute atomic E-state index is 5.34. The van der Waals surface area contributed by atoms with E-state index in [4.69, 9.17) is 17.2 Å². The summed E-state index contributed by atoms with van der Waals surface area (Å²) >= 11 is 5.34. The lowest BCUT2D eigenvalue weighted by Crippen LogP contribution is -2.44. The highest BCUT2D eigenvalue weighted by Gasteiger charge is 2.16. The summed E-state index contributed by atoms with van der Waals surface area (Å²) in [5.41, 5.74) is 3.26. The number of aromatic nitrogens is 1. The third-order valence-corrected chi connectivity index (χ3v) is 4.73. The number of nitrogens with zero attached hydrogens (tertiary/aromatic N) is 3. The van der Waals surface area contributed by atoms with E-state index in [9.17, 15) is 0 Å². The van der Waals surface area contributed by atoms with Gasteiger partial charge in [-0.2, -0.15) is 0 Å². The van der Waals surface area contributed by atoms with Crippen LogP contribution in [0, 0.1) is 6.92 Å². The third kappa shape index (κ3) is 4.38. The molecular weight excluding hydrogens is 330 g/mol. The molecule has 3 rings (SSSR count). The number of hydrogen-bond donors (Lipinski definition) is 2. The summed E-state index contributed by atoms with van der Waals surface area (Å²) in [6, 6.07) is 8.75. The van der Waals surface area contributed by atoms with E-state index < -0.39 is 0 Å². The SMILES string of the molecule is Cc1cc(N2CCN(C)CC2)nc2ccc(NC(=S)NC(C)C)cc12. The Hall–Kier alpha value is -1.92. The molecule has 2 N–H and O–H groups in total. The van der Waals surface area contributed by atoms with Gasteiger partial charge in [0.05, 0.1) is 5.52 Å². The van der Waals surface area contributed by atoms with Crippen LogP contribution < -0.4 is 15.5 Å². The number of thiocarbonyl (C=S) groups is 1. The molecule has 1 aromatic carbocycles. The lowest BCUT2D eigenvalue weighted by molar-refractivity contribution is 0.312. The first-order chi connectivity index (χ1) is 11.9. The highest BCUT2D eigenvalue weighted by Crippen LogP contribution is 2.26. The predicted octanol–water partition coefficient (Wildman–Crippen LogP) is 2.99. The summed E-state index contributed by atoms with van der Waals surface area (Å²) in [7, 11) is 2.17. The summed E-state index contributed by atoms with van der Waals surface area (Å²) in [6.07, 6.45) is 0. The maximum Gasteiger partial charge on any atom is 0.170 e. The number of benzene rings is 1. The first-order valence-corrected chi connectivity index (χ1v) is 9.25. The molecule has 0 aliphatic carbocycles. The second-order valence-corrected chi connectivity index (χ2v) is 7.48. The molecule has 0 unspecified atom stereocenters. The smallest absolute Gasteiger partial charge is 0.170 e. The normalized spacial score (nSPS) is 15.6. The van der Waals surface area contributed by atoms with E-state index in [0.29, 0.717) is 11.2 Å². The Morgan fingerprint density at radius 1 is 1.16 bits per heavy atom. The Labute approximate surface area is 155 Å². The molecule has 134 valence electrons. The Kier molecular flexibility index (Phi) is 5.39. The molecule has 0 spiro atoms. The van der Waals surface area contributed by atoms with E-state index in [1.807, 2.05) is 6.07 Å². The summed E-state index contributed by atoms with van der Waals surface area (Å²) < 4.78 is 0. The van der Waals surface area contributed by atoms with Crippen LogP contribution in [0.15, 0.2) is 24.3 Å². The fourth-order valence-corrected chi connectivity index (χ4v) is 3.43. The number of nitrogens with one attached hydrogen (secondary N) is 2. The minimum absolute atomic E-state index is 0.315. The second kappa shape index (κ2) is 7.54. The molecule has 0 atom stereocenters. The molecule has 2 aromatic rings. The van der Waals surface area contributed by atoms with Gasteiger partial charge in [0, 0.05) is 43.3 Å². The van der Waals surface area contributed by atoms with Gasteiger partial charge in [-0.3, -0.25) is 0 Å². The molecule has 0 bridgehead atoms. The Morgan fingerprint density at radius 3 is 2.56 bits per heavy atom. The van der Waals surface area contributed by atoms with Gasteiger partial charge < -0.3 is 20.4 Å². The monoisotopic (exact) mass is 357 g/mol. The van der Waals surface area contributed by atoms with Gasteiger partial charge in [-0.05, 0) is 69.9 Å². The van der Waals surface area contributed by atoms with E-state index >= 15 is 0 Å². The van der Waals surface area contributed by atoms with Crippen molar-refractivity contribution in [1.82, 2.24) is 15.2 Å². The predicted molar refractivity (Wildman–Crippen MR) is 111 cm³/mol. The molecule has 2 heterocycles. The topological polar surface area (TPSA) is 43.4 Å². The summed E-state index contributed by atoms with van der Waals surface area (Å²) in [4.78, 5) is 9.62. The van der Waals surface area contributed by atoms with E-state index in [0.717, 1.165) is 48.6 Å². The number of pyridine rings is 1. The van der Waals surface area contributed by atoms with Crippen molar-refractivity contribution in [3.63, 3.8) is 0 Å². The zero-order valence-corrected chi connectivity index (χ0v) is 16.3. The van der Waals surface area contributed by atoms with Crippen molar-refractivity contribution < 1.29 is 0 Å². The van der Waals surface area contributed by atoms with Crippen LogP contribution in [-0.4, -0.2) is 54.3 Å². The molecule has 1 saturated heterocycles. The lowest BCUT2D eigenvalue weighted by atomic mass is 10.1. The third-order valence-electron chi connectivity index (χ3n) is 4.51. The fourth-order valence-electron chi connectivity index (χ4n) is 3.08. The summed E-state index contributed by atoms with van der Waals surface area (Å²) in [5.74, 6) is 1.08. The van der Waals surface area contributed by atoms with Crippen molar-refractivity contribution in [3.8, 4) is 0 Å². The summed E-state index contributed by atoms with van der Waals surface area (Å²) in [6.45, 7) is 10.5. The van der Waals surface area contributed by atoms with Crippen LogP contribution in [0.5, 0.6) is 0 Å². The zero-order valence-electron chi connectivity index (χ0n) is 15.5. The first-order valence-electron chi connectivity index (χ1n) is 8.85. The number of aryl methyl sites for hydroxylation is 1. The van der Waals surface area contributed by atoms with Gasteiger partial charge >= 0.3 is 0 Å². The fraction of sp³-hybridized carbons (Fsp3) is 0.474. The van der Waals surface area contributed by atoms with Crippen LogP contribution in [0.2, 0.25) is 0 Å². The van der Waals surface area contributed by atoms with Crippen molar-refractivity contribution in [2.45, 2.75) is 26.8 Å². The number of hydrogen-bond acceptors (Lipinski definition) is 4. The van der Waals surface area contributed by atoms with E-state index in [1.165, 1.54) is 5.56 Å². The molecule has 1 fully saturated rings. The second-order valence-electron chi connectivity index (χ2n) is 7.07. The van der Waals surface area contributed by atoms with E-state index in [1.54, 1.807) is 0 Å². The molecule has 0 radical (unpaired) electrons. The van der Waals surface area contributed by atoms with Crippen LogP contribution in [0.1, 0.15) is 19.4 Å². The average Bonchev–Trinajstić information content (AvgIpc) is 2.55. The molecule has 1 aliphatic rings. The molecule has 0 saturated carbocycles. The van der Waals surface area contributed by atoms with Crippen molar-refractivity contribution in [2.24, 2.45) is 0 Å². The largest absolute Gasteiger partial charge is 0.360 e. The maximum atomic E-state index is 5.34. The summed E-state index contributed by atoms with van der Waals surface area (Å²) in [5, 5.41) is 8.27. The van der Waals surface area contributed by atoms with Gasteiger partial charge in [0.25, 0.3) is 0 Å². The van der Waals surface area contributed by atoms with Crippen LogP contribution in [0.25, 0.3) is 10.9 Å². The van der Waals surface area contributed by atoms with Crippen molar-refractivity contribution in [1.29, 1.82) is 0 Å². The van der Waals surface area contributed by atoms with Gasteiger partial charge in [0.2, 0.25) is 0 Å². The molecular formula is C19H27N5S. The van der Waals surface area contributed by atoms with Gasteiger partial charge in [-0.25, -0.2) is 4.98 Å². The number of anilines is 2. The number of piperazine rings is 1. The van der Waals surface area contributed by atoms with Gasteiger partial charge in [-0.1, -0.05) is 0 Å². The minimum atomic E-state index is 0.315. The van der Waals surface area contributed by atoms with Crippen LogP contribution >= 0.6 is 12.2 Å². The average molecular weight is 358 g/mol. The zero-order chi connectivity index (χ0) is 18.0. The number of likely N-dealkylation sites (N-methyl/N-ethyl adjacent to an activating group) is 1. The Bertz CT molecular complexity index is 766. The van der Waals surface area contributed by atoms with E-state index in [-0.39, 0.29) is 0 Å². The lowest BCUT2D eigenvalue weighted by Gasteiger charge is -2.33. The van der Waals surface area contributed by atoms with E-state index in [2.05, 4.69) is 66.5 Å². The van der Waals surface area contributed by atoms with Gasteiger partial charge in [0.1, 0.15) is 5.82 Å². The van der Waals surface area contributed by atoms with Crippen molar-refractivity contribution >= 4 is 39.7 Å². The number of rotatable bonds is 3.